The number of benzene rings is 1. The Hall–Kier alpha value is -3.03. The van der Waals surface area contributed by atoms with Gasteiger partial charge in [-0.05, 0) is 32.4 Å². The van der Waals surface area contributed by atoms with Crippen molar-refractivity contribution in [2.24, 2.45) is 0 Å². The van der Waals surface area contributed by atoms with E-state index in [1.54, 1.807) is 13.8 Å². The van der Waals surface area contributed by atoms with Crippen molar-refractivity contribution in [3.63, 3.8) is 0 Å². The fourth-order valence-electron chi connectivity index (χ4n) is 1.93. The van der Waals surface area contributed by atoms with E-state index in [9.17, 15) is 24.5 Å². The van der Waals surface area contributed by atoms with E-state index >= 15 is 0 Å². The van der Waals surface area contributed by atoms with Gasteiger partial charge in [-0.3, -0.25) is 19.7 Å². The van der Waals surface area contributed by atoms with Crippen LogP contribution in [0.25, 0.3) is 6.08 Å². The van der Waals surface area contributed by atoms with Crippen LogP contribution < -0.4 is 0 Å². The number of ketones is 1. The molecule has 8 heteroatoms. The van der Waals surface area contributed by atoms with E-state index in [0.29, 0.717) is 5.56 Å². The molecule has 0 heterocycles. The first-order valence-corrected chi connectivity index (χ1v) is 7.35. The number of carbonyl (C=O) groups excluding carboxylic acids is 3. The molecular weight excluding hydrogens is 330 g/mol. The summed E-state index contributed by atoms with van der Waals surface area (Å²) in [6, 6.07) is 5.49. The Bertz CT molecular complexity index is 734. The number of nitrogens with zero attached hydrogens (tertiary/aromatic N) is 1. The predicted molar refractivity (Wildman–Crippen MR) is 88.6 cm³/mol. The molecule has 25 heavy (non-hydrogen) atoms. The lowest BCUT2D eigenvalue weighted by molar-refractivity contribution is -0.384. The Morgan fingerprint density at radius 2 is 1.88 bits per heavy atom. The number of nitro groups is 1. The summed E-state index contributed by atoms with van der Waals surface area (Å²) in [6.07, 6.45) is 1.22. The highest BCUT2D eigenvalue weighted by Crippen LogP contribution is 2.17. The second kappa shape index (κ2) is 8.18. The third kappa shape index (κ3) is 6.54. The van der Waals surface area contributed by atoms with Gasteiger partial charge in [-0.1, -0.05) is 12.1 Å². The van der Waals surface area contributed by atoms with E-state index in [0.717, 1.165) is 0 Å². The molecular formula is C17H19NO7. The van der Waals surface area contributed by atoms with Gasteiger partial charge < -0.3 is 9.47 Å². The van der Waals surface area contributed by atoms with Gasteiger partial charge in [0.2, 0.25) is 0 Å². The maximum atomic E-state index is 12.2. The highest BCUT2D eigenvalue weighted by Gasteiger charge is 2.25. The molecule has 134 valence electrons. The number of carbonyl (C=O) groups is 3. The molecule has 0 spiro atoms. The monoisotopic (exact) mass is 349 g/mol. The van der Waals surface area contributed by atoms with Crippen molar-refractivity contribution in [1.82, 2.24) is 0 Å². The Morgan fingerprint density at radius 3 is 2.40 bits per heavy atom. The molecule has 0 unspecified atom stereocenters. The fraction of sp³-hybridized carbons (Fsp3) is 0.353. The smallest absolute Gasteiger partial charge is 0.341 e. The molecule has 0 N–H and O–H groups in total. The molecule has 0 aromatic heterocycles. The zero-order valence-electron chi connectivity index (χ0n) is 14.4. The number of rotatable bonds is 7. The molecule has 0 saturated carbocycles. The highest BCUT2D eigenvalue weighted by atomic mass is 16.6. The maximum Gasteiger partial charge on any atom is 0.341 e. The minimum Gasteiger partial charge on any atom is -0.458 e. The highest BCUT2D eigenvalue weighted by molar-refractivity contribution is 6.19. The summed E-state index contributed by atoms with van der Waals surface area (Å²) >= 11 is 0. The number of hydrogen-bond donors (Lipinski definition) is 0. The molecule has 0 fully saturated rings. The Kier molecular flexibility index (Phi) is 6.55. The normalized spacial score (nSPS) is 11.6. The van der Waals surface area contributed by atoms with Gasteiger partial charge >= 0.3 is 11.9 Å². The number of Topliss-reactive ketones (excluding diaryl/α,β-unsaturated/α-hetero) is 1. The van der Waals surface area contributed by atoms with E-state index in [1.165, 1.54) is 44.2 Å². The van der Waals surface area contributed by atoms with Gasteiger partial charge in [0.1, 0.15) is 17.8 Å². The first-order chi connectivity index (χ1) is 11.5. The Balaban J connectivity index is 2.98. The number of nitro benzene ring substituents is 1. The van der Waals surface area contributed by atoms with Gasteiger partial charge in [0.25, 0.3) is 5.69 Å². The first kappa shape index (κ1) is 20.0. The van der Waals surface area contributed by atoms with Crippen LogP contribution in [0.3, 0.4) is 0 Å². The molecule has 0 amide bonds. The van der Waals surface area contributed by atoms with Crippen molar-refractivity contribution in [1.29, 1.82) is 0 Å². The molecule has 1 aromatic carbocycles. The van der Waals surface area contributed by atoms with Gasteiger partial charge in [0.15, 0.2) is 5.78 Å². The first-order valence-electron chi connectivity index (χ1n) is 7.35. The summed E-state index contributed by atoms with van der Waals surface area (Å²) in [4.78, 5) is 45.1. The summed E-state index contributed by atoms with van der Waals surface area (Å²) in [7, 11) is 0. The number of esters is 2. The molecule has 8 nitrogen and oxygen atoms in total. The standard InChI is InChI=1S/C17H19NO7/c1-11(19)15(9-13-6-5-7-14(8-13)18(22)23)16(21)24-10-17(3,4)25-12(2)20/h5-9H,10H2,1-4H3. The van der Waals surface area contributed by atoms with Gasteiger partial charge in [0, 0.05) is 19.1 Å². The van der Waals surface area contributed by atoms with Crippen LogP contribution in [0.5, 0.6) is 0 Å². The average molecular weight is 349 g/mol. The lowest BCUT2D eigenvalue weighted by atomic mass is 10.1. The molecule has 1 rings (SSSR count). The molecule has 0 saturated heterocycles. The van der Waals surface area contributed by atoms with Crippen LogP contribution in [0.1, 0.15) is 33.3 Å². The van der Waals surface area contributed by atoms with Gasteiger partial charge in [0.05, 0.1) is 4.92 Å². The second-order valence-corrected chi connectivity index (χ2v) is 5.90. The van der Waals surface area contributed by atoms with E-state index in [4.69, 9.17) is 9.47 Å². The Labute approximate surface area is 144 Å². The van der Waals surface area contributed by atoms with Crippen LogP contribution in [0.15, 0.2) is 29.8 Å². The van der Waals surface area contributed by atoms with Crippen LogP contribution in [-0.2, 0) is 23.9 Å². The summed E-state index contributed by atoms with van der Waals surface area (Å²) < 4.78 is 10.0. The lowest BCUT2D eigenvalue weighted by Crippen LogP contribution is -2.34. The SMILES string of the molecule is CC(=O)OC(C)(C)COC(=O)C(=Cc1cccc([N+](=O)[O-])c1)C(C)=O. The van der Waals surface area contributed by atoms with Crippen molar-refractivity contribution in [3.05, 3.63) is 45.5 Å². The van der Waals surface area contributed by atoms with Crippen molar-refractivity contribution in [2.75, 3.05) is 6.61 Å². The van der Waals surface area contributed by atoms with E-state index in [-0.39, 0.29) is 17.9 Å². The third-order valence-corrected chi connectivity index (χ3v) is 2.96. The topological polar surface area (TPSA) is 113 Å². The number of non-ortho nitro benzene ring substituents is 1. The van der Waals surface area contributed by atoms with Crippen LogP contribution in [0.2, 0.25) is 0 Å². The quantitative estimate of drug-likeness (QED) is 0.185. The number of hydrogen-bond acceptors (Lipinski definition) is 7. The zero-order valence-corrected chi connectivity index (χ0v) is 14.4. The van der Waals surface area contributed by atoms with Gasteiger partial charge in [-0.2, -0.15) is 0 Å². The summed E-state index contributed by atoms with van der Waals surface area (Å²) in [5.41, 5.74) is -1.16. The van der Waals surface area contributed by atoms with E-state index in [1.807, 2.05) is 0 Å². The minimum atomic E-state index is -1.05. The van der Waals surface area contributed by atoms with Gasteiger partial charge in [-0.25, -0.2) is 4.79 Å². The van der Waals surface area contributed by atoms with Crippen LogP contribution in [-0.4, -0.2) is 34.9 Å². The molecule has 0 aliphatic heterocycles. The second-order valence-electron chi connectivity index (χ2n) is 5.90. The predicted octanol–water partition coefficient (Wildman–Crippen LogP) is 2.45. The van der Waals surface area contributed by atoms with Crippen LogP contribution in [0.4, 0.5) is 5.69 Å². The molecule has 1 aromatic rings. The minimum absolute atomic E-state index is 0.166. The molecule has 0 atom stereocenters. The summed E-state index contributed by atoms with van der Waals surface area (Å²) in [5.74, 6) is -1.99. The van der Waals surface area contributed by atoms with Gasteiger partial charge in [-0.15, -0.1) is 0 Å². The van der Waals surface area contributed by atoms with E-state index < -0.39 is 28.2 Å². The van der Waals surface area contributed by atoms with Crippen molar-refractivity contribution < 1.29 is 28.8 Å². The van der Waals surface area contributed by atoms with Crippen molar-refractivity contribution in [3.8, 4) is 0 Å². The number of ether oxygens (including phenoxy) is 2. The zero-order chi connectivity index (χ0) is 19.2. The van der Waals surface area contributed by atoms with Crippen LogP contribution in [0, 0.1) is 10.1 Å². The molecule has 0 aliphatic rings. The fourth-order valence-corrected chi connectivity index (χ4v) is 1.93. The maximum absolute atomic E-state index is 12.2. The average Bonchev–Trinajstić information content (AvgIpc) is 2.49. The van der Waals surface area contributed by atoms with Crippen LogP contribution >= 0.6 is 0 Å². The molecule has 0 aliphatic carbocycles. The summed E-state index contributed by atoms with van der Waals surface area (Å²) in [5, 5.41) is 10.8. The molecule has 0 radical (unpaired) electrons. The third-order valence-electron chi connectivity index (χ3n) is 2.96. The Morgan fingerprint density at radius 1 is 1.24 bits per heavy atom. The lowest BCUT2D eigenvalue weighted by Gasteiger charge is -2.23. The summed E-state index contributed by atoms with van der Waals surface area (Å²) in [6.45, 7) is 5.28. The van der Waals surface area contributed by atoms with E-state index in [2.05, 4.69) is 0 Å². The van der Waals surface area contributed by atoms with Crippen molar-refractivity contribution in [2.45, 2.75) is 33.3 Å². The molecule has 0 bridgehead atoms. The van der Waals surface area contributed by atoms with Crippen molar-refractivity contribution >= 4 is 29.5 Å². The largest absolute Gasteiger partial charge is 0.458 e.